The topological polar surface area (TPSA) is 0 Å². The van der Waals surface area contributed by atoms with Crippen LogP contribution in [0.2, 0.25) is 0 Å². The molecule has 0 atom stereocenters. The zero-order valence-electron chi connectivity index (χ0n) is 12.8. The lowest BCUT2D eigenvalue weighted by Gasteiger charge is -2.25. The molecule has 0 unspecified atom stereocenters. The van der Waals surface area contributed by atoms with Gasteiger partial charge in [-0.2, -0.15) is 0 Å². The van der Waals surface area contributed by atoms with Gasteiger partial charge in [0.25, 0.3) is 0 Å². The molecule has 3 aromatic carbocycles. The molecule has 3 rings (SSSR count). The summed E-state index contributed by atoms with van der Waals surface area (Å²) in [6, 6.07) is 32.1. The van der Waals surface area contributed by atoms with Crippen LogP contribution in [0.3, 0.4) is 0 Å². The smallest absolute Gasteiger partial charge is 0.133 e. The van der Waals surface area contributed by atoms with Crippen LogP contribution < -0.4 is 32.9 Å². The fourth-order valence-corrected chi connectivity index (χ4v) is 6.66. The Hall–Kier alpha value is -1.87. The Bertz CT molecular complexity index is 665. The normalized spacial score (nSPS) is 10.4. The summed E-state index contributed by atoms with van der Waals surface area (Å²) in [4.78, 5) is 0. The molecular formula is C21H18BrP. The molecule has 0 amide bonds. The first-order valence-corrected chi connectivity index (χ1v) is 9.34. The van der Waals surface area contributed by atoms with E-state index in [1.165, 1.54) is 15.9 Å². The standard InChI is InChI=1S/C21H18P.BrH/c1-2-18-22(19-12-6-3-7-13-19,20-14-8-4-9-15-20)21-16-10-5-11-17-21;/h1,3-17H,18H2;1H/q+1;/p-1. The summed E-state index contributed by atoms with van der Waals surface area (Å²) in [6.45, 7) is 0. The van der Waals surface area contributed by atoms with E-state index in [2.05, 4.69) is 96.9 Å². The Balaban J connectivity index is 0.00000192. The van der Waals surface area contributed by atoms with Crippen molar-refractivity contribution in [3.63, 3.8) is 0 Å². The van der Waals surface area contributed by atoms with Gasteiger partial charge in [0.05, 0.1) is 0 Å². The molecular weight excluding hydrogens is 363 g/mol. The minimum absolute atomic E-state index is 0. The second-order valence-electron chi connectivity index (χ2n) is 5.18. The molecule has 0 aliphatic carbocycles. The third-order valence-corrected chi connectivity index (χ3v) is 8.12. The Morgan fingerprint density at radius 3 is 1.17 bits per heavy atom. The van der Waals surface area contributed by atoms with Crippen molar-refractivity contribution in [2.45, 2.75) is 0 Å². The van der Waals surface area contributed by atoms with Gasteiger partial charge in [-0.05, 0) is 36.4 Å². The van der Waals surface area contributed by atoms with Crippen molar-refractivity contribution in [1.82, 2.24) is 0 Å². The predicted molar refractivity (Wildman–Crippen MR) is 98.8 cm³/mol. The third kappa shape index (κ3) is 3.40. The van der Waals surface area contributed by atoms with Gasteiger partial charge in [-0.3, -0.25) is 0 Å². The van der Waals surface area contributed by atoms with Crippen molar-refractivity contribution < 1.29 is 17.0 Å². The molecule has 0 N–H and O–H groups in total. The van der Waals surface area contributed by atoms with Crippen LogP contribution in [0, 0.1) is 12.3 Å². The Kier molecular flexibility index (Phi) is 6.17. The highest BCUT2D eigenvalue weighted by Gasteiger charge is 2.44. The second kappa shape index (κ2) is 8.11. The molecule has 2 heteroatoms. The van der Waals surface area contributed by atoms with E-state index in [0.29, 0.717) is 0 Å². The van der Waals surface area contributed by atoms with Crippen molar-refractivity contribution in [2.24, 2.45) is 0 Å². The second-order valence-corrected chi connectivity index (χ2v) is 8.66. The summed E-state index contributed by atoms with van der Waals surface area (Å²) < 4.78 is 0. The maximum Gasteiger partial charge on any atom is 0.133 e. The van der Waals surface area contributed by atoms with E-state index in [1.807, 2.05) is 0 Å². The largest absolute Gasteiger partial charge is 1.00 e. The van der Waals surface area contributed by atoms with Gasteiger partial charge in [0.15, 0.2) is 0 Å². The zero-order valence-corrected chi connectivity index (χ0v) is 15.3. The van der Waals surface area contributed by atoms with Crippen LogP contribution in [0.5, 0.6) is 0 Å². The van der Waals surface area contributed by atoms with E-state index in [0.717, 1.165) is 6.16 Å². The Morgan fingerprint density at radius 1 is 0.609 bits per heavy atom. The highest BCUT2D eigenvalue weighted by Crippen LogP contribution is 2.54. The SMILES string of the molecule is C#CC[P+](c1ccccc1)(c1ccccc1)c1ccccc1.[Br-]. The molecule has 0 bridgehead atoms. The summed E-state index contributed by atoms with van der Waals surface area (Å²) in [6.07, 6.45) is 6.55. The highest BCUT2D eigenvalue weighted by molar-refractivity contribution is 7.95. The highest BCUT2D eigenvalue weighted by atomic mass is 79.9. The van der Waals surface area contributed by atoms with Gasteiger partial charge in [-0.15, -0.1) is 6.42 Å². The van der Waals surface area contributed by atoms with E-state index < -0.39 is 7.26 Å². The molecule has 3 aromatic rings. The van der Waals surface area contributed by atoms with Crippen LogP contribution in [-0.4, -0.2) is 6.16 Å². The van der Waals surface area contributed by atoms with Crippen molar-refractivity contribution in [3.05, 3.63) is 91.0 Å². The van der Waals surface area contributed by atoms with Crippen molar-refractivity contribution in [3.8, 4) is 12.3 Å². The molecule has 23 heavy (non-hydrogen) atoms. The molecule has 0 spiro atoms. The number of halogens is 1. The quantitative estimate of drug-likeness (QED) is 0.459. The lowest BCUT2D eigenvalue weighted by molar-refractivity contribution is -0.00000423. The van der Waals surface area contributed by atoms with Gasteiger partial charge in [-0.1, -0.05) is 60.5 Å². The van der Waals surface area contributed by atoms with Crippen molar-refractivity contribution >= 4 is 23.2 Å². The van der Waals surface area contributed by atoms with Gasteiger partial charge in [0.2, 0.25) is 0 Å². The van der Waals surface area contributed by atoms with E-state index >= 15 is 0 Å². The molecule has 0 radical (unpaired) electrons. The molecule has 0 saturated carbocycles. The summed E-state index contributed by atoms with van der Waals surface area (Å²) in [5.41, 5.74) is 0. The number of hydrogen-bond donors (Lipinski definition) is 0. The number of hydrogen-bond acceptors (Lipinski definition) is 0. The van der Waals surface area contributed by atoms with Gasteiger partial charge < -0.3 is 17.0 Å². The lowest BCUT2D eigenvalue weighted by atomic mass is 10.4. The Labute approximate surface area is 149 Å². The predicted octanol–water partition coefficient (Wildman–Crippen LogP) is 0.618. The first-order valence-electron chi connectivity index (χ1n) is 7.36. The summed E-state index contributed by atoms with van der Waals surface area (Å²) in [7, 11) is -1.79. The molecule has 0 fully saturated rings. The molecule has 0 aromatic heterocycles. The van der Waals surface area contributed by atoms with E-state index in [9.17, 15) is 0 Å². The monoisotopic (exact) mass is 380 g/mol. The lowest BCUT2D eigenvalue weighted by Crippen LogP contribution is -3.00. The van der Waals surface area contributed by atoms with Crippen molar-refractivity contribution in [1.29, 1.82) is 0 Å². The molecule has 114 valence electrons. The average Bonchev–Trinajstić information content (AvgIpc) is 2.62. The number of terminal acetylenes is 1. The summed E-state index contributed by atoms with van der Waals surface area (Å²) in [5, 5.41) is 4.01. The van der Waals surface area contributed by atoms with E-state index in [1.54, 1.807) is 0 Å². The van der Waals surface area contributed by atoms with Gasteiger partial charge in [0.1, 0.15) is 29.3 Å². The first kappa shape index (κ1) is 17.5. The maximum absolute atomic E-state index is 5.80. The van der Waals surface area contributed by atoms with Gasteiger partial charge in [0, 0.05) is 0 Å². The van der Waals surface area contributed by atoms with Gasteiger partial charge in [-0.25, -0.2) is 0 Å². The van der Waals surface area contributed by atoms with E-state index in [4.69, 9.17) is 6.42 Å². The van der Waals surface area contributed by atoms with Crippen LogP contribution >= 0.6 is 7.26 Å². The maximum atomic E-state index is 5.80. The van der Waals surface area contributed by atoms with Crippen molar-refractivity contribution in [2.75, 3.05) is 6.16 Å². The first-order chi connectivity index (χ1) is 10.9. The van der Waals surface area contributed by atoms with Crippen LogP contribution in [0.25, 0.3) is 0 Å². The molecule has 0 heterocycles. The van der Waals surface area contributed by atoms with Crippen LogP contribution in [-0.2, 0) is 0 Å². The average molecular weight is 381 g/mol. The summed E-state index contributed by atoms with van der Waals surface area (Å²) >= 11 is 0. The van der Waals surface area contributed by atoms with E-state index in [-0.39, 0.29) is 17.0 Å². The minimum atomic E-state index is -1.79. The fraction of sp³-hybridized carbons (Fsp3) is 0.0476. The number of benzene rings is 3. The van der Waals surface area contributed by atoms with Crippen LogP contribution in [0.15, 0.2) is 91.0 Å². The molecule has 0 saturated heterocycles. The van der Waals surface area contributed by atoms with Crippen LogP contribution in [0.4, 0.5) is 0 Å². The zero-order chi connectivity index (χ0) is 15.3. The fourth-order valence-electron chi connectivity index (χ4n) is 2.91. The molecule has 0 aliphatic heterocycles. The molecule has 0 nitrogen and oxygen atoms in total. The van der Waals surface area contributed by atoms with Gasteiger partial charge >= 0.3 is 0 Å². The Morgan fingerprint density at radius 2 is 0.913 bits per heavy atom. The minimum Gasteiger partial charge on any atom is -1.00 e. The third-order valence-electron chi connectivity index (χ3n) is 3.92. The summed E-state index contributed by atoms with van der Waals surface area (Å²) in [5.74, 6) is 2.95. The number of rotatable bonds is 4. The molecule has 0 aliphatic rings. The van der Waals surface area contributed by atoms with Crippen LogP contribution in [0.1, 0.15) is 0 Å².